The predicted molar refractivity (Wildman–Crippen MR) is 67.9 cm³/mol. The molecule has 0 amide bonds. The molecular formula is C13H12N2O3. The van der Waals surface area contributed by atoms with E-state index in [1.807, 2.05) is 0 Å². The van der Waals surface area contributed by atoms with Crippen LogP contribution >= 0.6 is 0 Å². The van der Waals surface area contributed by atoms with Gasteiger partial charge in [0, 0.05) is 0 Å². The number of para-hydroxylation sites is 1. The number of nitrogens with one attached hydrogen (secondary N) is 1. The Kier molecular flexibility index (Phi) is 3.43. The van der Waals surface area contributed by atoms with Gasteiger partial charge in [-0.25, -0.2) is 4.79 Å². The number of nitrogens with zero attached hydrogens (tertiary/aromatic N) is 1. The van der Waals surface area contributed by atoms with Crippen molar-refractivity contribution >= 4 is 17.4 Å². The number of anilines is 1. The molecule has 0 bridgehead atoms. The Morgan fingerprint density at radius 2 is 2.06 bits per heavy atom. The van der Waals surface area contributed by atoms with Crippen LogP contribution in [-0.4, -0.2) is 16.8 Å². The summed E-state index contributed by atoms with van der Waals surface area (Å²) in [6, 6.07) is 10.1. The minimum Gasteiger partial charge on any atom is -0.478 e. The second-order valence-corrected chi connectivity index (χ2v) is 3.64. The highest BCUT2D eigenvalue weighted by atomic mass is 16.4. The van der Waals surface area contributed by atoms with Crippen LogP contribution in [0.1, 0.15) is 23.0 Å². The molecule has 0 fully saturated rings. The molecule has 1 aromatic heterocycles. The molecule has 18 heavy (non-hydrogen) atoms. The van der Waals surface area contributed by atoms with Gasteiger partial charge in [-0.3, -0.25) is 5.43 Å². The summed E-state index contributed by atoms with van der Waals surface area (Å²) in [6.45, 7) is 1.77. The first-order valence-corrected chi connectivity index (χ1v) is 5.35. The van der Waals surface area contributed by atoms with Crippen LogP contribution in [-0.2, 0) is 0 Å². The molecule has 5 nitrogen and oxygen atoms in total. The third-order valence-electron chi connectivity index (χ3n) is 2.38. The van der Waals surface area contributed by atoms with Crippen molar-refractivity contribution in [3.05, 3.63) is 54.0 Å². The largest absolute Gasteiger partial charge is 0.478 e. The number of carboxylic acids is 1. The maximum atomic E-state index is 11.0. The molecule has 2 rings (SSSR count). The van der Waals surface area contributed by atoms with E-state index in [1.165, 1.54) is 6.07 Å². The first kappa shape index (κ1) is 11.9. The van der Waals surface area contributed by atoms with Crippen LogP contribution in [0.15, 0.2) is 52.2 Å². The minimum atomic E-state index is -0.996. The van der Waals surface area contributed by atoms with Gasteiger partial charge in [-0.15, -0.1) is 0 Å². The molecule has 2 N–H and O–H groups in total. The van der Waals surface area contributed by atoms with E-state index in [1.54, 1.807) is 43.5 Å². The van der Waals surface area contributed by atoms with Crippen LogP contribution < -0.4 is 5.43 Å². The molecule has 0 unspecified atom stereocenters. The van der Waals surface area contributed by atoms with Crippen LogP contribution in [0.4, 0.5) is 5.69 Å². The molecule has 1 aromatic carbocycles. The Bertz CT molecular complexity index is 574. The van der Waals surface area contributed by atoms with E-state index in [2.05, 4.69) is 10.5 Å². The molecule has 0 aliphatic rings. The van der Waals surface area contributed by atoms with Gasteiger partial charge in [-0.2, -0.15) is 5.10 Å². The van der Waals surface area contributed by atoms with Gasteiger partial charge < -0.3 is 9.52 Å². The van der Waals surface area contributed by atoms with Crippen molar-refractivity contribution in [1.29, 1.82) is 0 Å². The summed E-state index contributed by atoms with van der Waals surface area (Å²) in [5, 5.41) is 13.1. The van der Waals surface area contributed by atoms with Gasteiger partial charge in [-0.1, -0.05) is 12.1 Å². The fraction of sp³-hybridized carbons (Fsp3) is 0.0769. The van der Waals surface area contributed by atoms with E-state index in [4.69, 9.17) is 9.52 Å². The van der Waals surface area contributed by atoms with Gasteiger partial charge in [0.1, 0.15) is 11.5 Å². The third-order valence-corrected chi connectivity index (χ3v) is 2.38. The van der Waals surface area contributed by atoms with Gasteiger partial charge in [-0.05, 0) is 31.2 Å². The molecule has 2 aromatic rings. The van der Waals surface area contributed by atoms with Crippen molar-refractivity contribution < 1.29 is 14.3 Å². The summed E-state index contributed by atoms with van der Waals surface area (Å²) in [6.07, 6.45) is 1.56. The number of carbonyl (C=O) groups is 1. The Hall–Kier alpha value is -2.56. The Morgan fingerprint density at radius 1 is 1.28 bits per heavy atom. The number of furan rings is 1. The van der Waals surface area contributed by atoms with E-state index in [0.717, 1.165) is 0 Å². The van der Waals surface area contributed by atoms with Crippen molar-refractivity contribution in [3.8, 4) is 0 Å². The maximum absolute atomic E-state index is 11.0. The predicted octanol–water partition coefficient (Wildman–Crippen LogP) is 2.81. The summed E-state index contributed by atoms with van der Waals surface area (Å²) in [5.41, 5.74) is 3.98. The van der Waals surface area contributed by atoms with Crippen LogP contribution in [0, 0.1) is 0 Å². The monoisotopic (exact) mass is 244 g/mol. The summed E-state index contributed by atoms with van der Waals surface area (Å²) in [7, 11) is 0. The topological polar surface area (TPSA) is 74.8 Å². The lowest BCUT2D eigenvalue weighted by atomic mass is 10.2. The number of rotatable bonds is 4. The molecule has 0 radical (unpaired) electrons. The molecule has 0 atom stereocenters. The average Bonchev–Trinajstić information content (AvgIpc) is 2.90. The molecule has 0 spiro atoms. The van der Waals surface area contributed by atoms with Gasteiger partial charge in [0.15, 0.2) is 0 Å². The summed E-state index contributed by atoms with van der Waals surface area (Å²) in [5.74, 6) is -0.362. The summed E-state index contributed by atoms with van der Waals surface area (Å²) >= 11 is 0. The fourth-order valence-corrected chi connectivity index (χ4v) is 1.45. The highest BCUT2D eigenvalue weighted by Gasteiger charge is 2.08. The fourth-order valence-electron chi connectivity index (χ4n) is 1.45. The van der Waals surface area contributed by atoms with Gasteiger partial charge >= 0.3 is 5.97 Å². The molecule has 92 valence electrons. The summed E-state index contributed by atoms with van der Waals surface area (Å²) in [4.78, 5) is 11.0. The lowest BCUT2D eigenvalue weighted by Crippen LogP contribution is -2.04. The highest BCUT2D eigenvalue weighted by Crippen LogP contribution is 2.15. The summed E-state index contributed by atoms with van der Waals surface area (Å²) < 4.78 is 5.17. The first-order chi connectivity index (χ1) is 8.68. The quantitative estimate of drug-likeness (QED) is 0.640. The average molecular weight is 244 g/mol. The van der Waals surface area contributed by atoms with Crippen LogP contribution in [0.5, 0.6) is 0 Å². The van der Waals surface area contributed by atoms with Crippen molar-refractivity contribution in [3.63, 3.8) is 0 Å². The van der Waals surface area contributed by atoms with Crippen molar-refractivity contribution in [1.82, 2.24) is 0 Å². The zero-order valence-electron chi connectivity index (χ0n) is 9.75. The SMILES string of the molecule is C/C(=N/Nc1ccccc1C(=O)O)c1ccco1. The Morgan fingerprint density at radius 3 is 2.72 bits per heavy atom. The minimum absolute atomic E-state index is 0.175. The maximum Gasteiger partial charge on any atom is 0.337 e. The third kappa shape index (κ3) is 2.57. The molecular weight excluding hydrogens is 232 g/mol. The van der Waals surface area contributed by atoms with Crippen molar-refractivity contribution in [2.24, 2.45) is 5.10 Å². The molecule has 0 saturated carbocycles. The number of benzene rings is 1. The number of carboxylic acid groups (broad SMARTS) is 1. The Labute approximate surface area is 104 Å². The van der Waals surface area contributed by atoms with E-state index in [0.29, 0.717) is 17.2 Å². The van der Waals surface area contributed by atoms with Crippen molar-refractivity contribution in [2.75, 3.05) is 5.43 Å². The van der Waals surface area contributed by atoms with Crippen LogP contribution in [0.25, 0.3) is 0 Å². The lowest BCUT2D eigenvalue weighted by Gasteiger charge is -2.05. The molecule has 0 saturated heterocycles. The van der Waals surface area contributed by atoms with Crippen LogP contribution in [0.2, 0.25) is 0 Å². The molecule has 0 aliphatic carbocycles. The Balaban J connectivity index is 2.20. The zero-order chi connectivity index (χ0) is 13.0. The first-order valence-electron chi connectivity index (χ1n) is 5.35. The lowest BCUT2D eigenvalue weighted by molar-refractivity contribution is 0.0698. The molecule has 1 heterocycles. The van der Waals surface area contributed by atoms with E-state index in [9.17, 15) is 4.79 Å². The highest BCUT2D eigenvalue weighted by molar-refractivity contribution is 5.97. The number of hydrogen-bond acceptors (Lipinski definition) is 4. The molecule has 0 aliphatic heterocycles. The number of hydrogen-bond donors (Lipinski definition) is 2. The standard InChI is InChI=1S/C13H12N2O3/c1-9(12-7-4-8-18-12)14-15-11-6-3-2-5-10(11)13(16)17/h2-8,15H,1H3,(H,16,17)/b14-9-. The van der Waals surface area contributed by atoms with E-state index in [-0.39, 0.29) is 5.56 Å². The normalized spacial score (nSPS) is 11.3. The van der Waals surface area contributed by atoms with Crippen LogP contribution in [0.3, 0.4) is 0 Å². The molecule has 5 heteroatoms. The smallest absolute Gasteiger partial charge is 0.337 e. The van der Waals surface area contributed by atoms with E-state index >= 15 is 0 Å². The van der Waals surface area contributed by atoms with Gasteiger partial charge in [0.05, 0.1) is 17.5 Å². The number of hydrazone groups is 1. The zero-order valence-corrected chi connectivity index (χ0v) is 9.75. The van der Waals surface area contributed by atoms with Gasteiger partial charge in [0.2, 0.25) is 0 Å². The second-order valence-electron chi connectivity index (χ2n) is 3.64. The number of aromatic carboxylic acids is 1. The van der Waals surface area contributed by atoms with Crippen molar-refractivity contribution in [2.45, 2.75) is 6.92 Å². The second kappa shape index (κ2) is 5.18. The van der Waals surface area contributed by atoms with Gasteiger partial charge in [0.25, 0.3) is 0 Å². The van der Waals surface area contributed by atoms with E-state index < -0.39 is 5.97 Å².